The van der Waals surface area contributed by atoms with Crippen LogP contribution >= 0.6 is 39.0 Å². The third kappa shape index (κ3) is 3.08. The van der Waals surface area contributed by atoms with Gasteiger partial charge in [-0.1, -0.05) is 39.8 Å². The number of rotatable bonds is 4. The fraction of sp³-hybridized carbons (Fsp3) is 0.0667. The number of aromatic nitrogens is 5. The molecule has 0 aliphatic rings. The Kier molecular flexibility index (Phi) is 4.32. The molecule has 0 saturated carbocycles. The molecule has 0 amide bonds. The summed E-state index contributed by atoms with van der Waals surface area (Å²) < 4.78 is 3.86. The Morgan fingerprint density at radius 1 is 1.28 bits per heavy atom. The highest BCUT2D eigenvalue weighted by Gasteiger charge is 2.15. The molecule has 0 saturated heterocycles. The molecule has 0 bridgehead atoms. The summed E-state index contributed by atoms with van der Waals surface area (Å²) in [5.74, 6) is 7.19. The maximum Gasteiger partial charge on any atom is 0.258 e. The molecule has 0 spiro atoms. The molecule has 0 aliphatic carbocycles. The first-order valence-electron chi connectivity index (χ1n) is 7.17. The molecule has 7 nitrogen and oxygen atoms in total. The van der Waals surface area contributed by atoms with E-state index in [2.05, 4.69) is 31.1 Å². The van der Waals surface area contributed by atoms with Crippen LogP contribution in [0.3, 0.4) is 0 Å². The SMILES string of the molecule is Nn1c(SCc2cc(=O)n3ccsc3n2)nnc1-c1ccccc1Br. The highest BCUT2D eigenvalue weighted by molar-refractivity contribution is 9.10. The summed E-state index contributed by atoms with van der Waals surface area (Å²) in [6.07, 6.45) is 1.72. The minimum atomic E-state index is -0.0926. The predicted molar refractivity (Wildman–Crippen MR) is 102 cm³/mol. The topological polar surface area (TPSA) is 91.1 Å². The summed E-state index contributed by atoms with van der Waals surface area (Å²) in [7, 11) is 0. The number of nitrogens with two attached hydrogens (primary N) is 1. The van der Waals surface area contributed by atoms with Crippen molar-refractivity contribution in [3.05, 3.63) is 62.4 Å². The minimum Gasteiger partial charge on any atom is -0.335 e. The van der Waals surface area contributed by atoms with E-state index in [0.717, 1.165) is 10.0 Å². The van der Waals surface area contributed by atoms with Gasteiger partial charge in [0.15, 0.2) is 10.8 Å². The number of benzene rings is 1. The first-order chi connectivity index (χ1) is 12.1. The van der Waals surface area contributed by atoms with Gasteiger partial charge in [-0.15, -0.1) is 21.5 Å². The second-order valence-electron chi connectivity index (χ2n) is 5.09. The molecule has 0 fully saturated rings. The lowest BCUT2D eigenvalue weighted by molar-refractivity contribution is 0.848. The van der Waals surface area contributed by atoms with Crippen molar-refractivity contribution in [2.45, 2.75) is 10.9 Å². The van der Waals surface area contributed by atoms with E-state index in [1.54, 1.807) is 6.20 Å². The monoisotopic (exact) mass is 434 g/mol. The molecule has 4 rings (SSSR count). The summed E-state index contributed by atoms with van der Waals surface area (Å²) >= 11 is 6.30. The van der Waals surface area contributed by atoms with Gasteiger partial charge in [-0.25, -0.2) is 9.66 Å². The van der Waals surface area contributed by atoms with Crippen molar-refractivity contribution in [1.29, 1.82) is 0 Å². The predicted octanol–water partition coefficient (Wildman–Crippen LogP) is 2.78. The zero-order valence-electron chi connectivity index (χ0n) is 12.7. The average Bonchev–Trinajstić information content (AvgIpc) is 3.21. The third-order valence-corrected chi connectivity index (χ3v) is 5.91. The van der Waals surface area contributed by atoms with Crippen LogP contribution in [-0.4, -0.2) is 24.3 Å². The molecule has 2 N–H and O–H groups in total. The van der Waals surface area contributed by atoms with Crippen LogP contribution in [-0.2, 0) is 5.75 Å². The second-order valence-corrected chi connectivity index (χ2v) is 7.76. The maximum atomic E-state index is 12.0. The second kappa shape index (κ2) is 6.62. The molecular weight excluding hydrogens is 424 g/mol. The van der Waals surface area contributed by atoms with Crippen LogP contribution in [0.1, 0.15) is 5.69 Å². The summed E-state index contributed by atoms with van der Waals surface area (Å²) in [5.41, 5.74) is 1.45. The van der Waals surface area contributed by atoms with Crippen LogP contribution in [0.15, 0.2) is 56.3 Å². The Morgan fingerprint density at radius 2 is 2.12 bits per heavy atom. The molecule has 4 aromatic rings. The zero-order chi connectivity index (χ0) is 17.4. The third-order valence-electron chi connectivity index (χ3n) is 3.48. The van der Waals surface area contributed by atoms with Gasteiger partial charge in [-0.05, 0) is 12.1 Å². The first-order valence-corrected chi connectivity index (χ1v) is 9.83. The quantitative estimate of drug-likeness (QED) is 0.392. The molecule has 0 radical (unpaired) electrons. The van der Waals surface area contributed by atoms with Crippen molar-refractivity contribution >= 4 is 44.0 Å². The molecule has 25 heavy (non-hydrogen) atoms. The molecule has 1 aromatic carbocycles. The van der Waals surface area contributed by atoms with Crippen LogP contribution in [0.2, 0.25) is 0 Å². The van der Waals surface area contributed by atoms with Gasteiger partial charge in [0.2, 0.25) is 5.16 Å². The Bertz CT molecular complexity index is 1120. The Hall–Kier alpha value is -2.17. The fourth-order valence-electron chi connectivity index (χ4n) is 2.30. The van der Waals surface area contributed by atoms with Gasteiger partial charge in [0, 0.05) is 33.4 Å². The van der Waals surface area contributed by atoms with E-state index in [4.69, 9.17) is 5.84 Å². The largest absolute Gasteiger partial charge is 0.335 e. The Balaban J connectivity index is 1.59. The van der Waals surface area contributed by atoms with Crippen LogP contribution in [0.5, 0.6) is 0 Å². The van der Waals surface area contributed by atoms with Crippen molar-refractivity contribution in [3.8, 4) is 11.4 Å². The average molecular weight is 435 g/mol. The lowest BCUT2D eigenvalue weighted by Gasteiger charge is -2.05. The maximum absolute atomic E-state index is 12.0. The van der Waals surface area contributed by atoms with Crippen LogP contribution in [0, 0.1) is 0 Å². The van der Waals surface area contributed by atoms with Crippen molar-refractivity contribution in [2.24, 2.45) is 0 Å². The normalized spacial score (nSPS) is 11.2. The van der Waals surface area contributed by atoms with E-state index < -0.39 is 0 Å². The highest BCUT2D eigenvalue weighted by Crippen LogP contribution is 2.28. The van der Waals surface area contributed by atoms with Crippen molar-refractivity contribution in [3.63, 3.8) is 0 Å². The fourth-order valence-corrected chi connectivity index (χ4v) is 4.25. The van der Waals surface area contributed by atoms with Crippen LogP contribution < -0.4 is 11.4 Å². The van der Waals surface area contributed by atoms with E-state index in [1.165, 1.54) is 38.2 Å². The van der Waals surface area contributed by atoms with Crippen molar-refractivity contribution < 1.29 is 0 Å². The first kappa shape index (κ1) is 16.3. The van der Waals surface area contributed by atoms with Gasteiger partial charge in [-0.2, -0.15) is 0 Å². The van der Waals surface area contributed by atoms with E-state index in [1.807, 2.05) is 29.6 Å². The van der Waals surface area contributed by atoms with Crippen molar-refractivity contribution in [1.82, 2.24) is 24.3 Å². The number of hydrogen-bond acceptors (Lipinski definition) is 7. The van der Waals surface area contributed by atoms with E-state index >= 15 is 0 Å². The van der Waals surface area contributed by atoms with E-state index in [9.17, 15) is 4.79 Å². The van der Waals surface area contributed by atoms with E-state index in [-0.39, 0.29) is 5.56 Å². The van der Waals surface area contributed by atoms with Crippen LogP contribution in [0.25, 0.3) is 16.3 Å². The molecule has 0 unspecified atom stereocenters. The Labute approximate surface area is 158 Å². The summed E-state index contributed by atoms with van der Waals surface area (Å²) in [4.78, 5) is 17.2. The number of thioether (sulfide) groups is 1. The zero-order valence-corrected chi connectivity index (χ0v) is 15.9. The summed E-state index contributed by atoms with van der Waals surface area (Å²) in [5, 5.41) is 10.7. The lowest BCUT2D eigenvalue weighted by atomic mass is 10.2. The summed E-state index contributed by atoms with van der Waals surface area (Å²) in [6, 6.07) is 9.20. The standard InChI is InChI=1S/C15H11BrN6OS2/c16-11-4-2-1-3-10(11)13-19-20-15(22(13)17)25-8-9-7-12(23)21-5-6-24-14(21)18-9/h1-7H,8,17H2. The molecule has 0 atom stereocenters. The van der Waals surface area contributed by atoms with Gasteiger partial charge >= 0.3 is 0 Å². The van der Waals surface area contributed by atoms with Crippen LogP contribution in [0.4, 0.5) is 0 Å². The van der Waals surface area contributed by atoms with Crippen molar-refractivity contribution in [2.75, 3.05) is 5.84 Å². The van der Waals surface area contributed by atoms with Gasteiger partial charge < -0.3 is 5.84 Å². The highest BCUT2D eigenvalue weighted by atomic mass is 79.9. The molecule has 126 valence electrons. The number of hydrogen-bond donors (Lipinski definition) is 1. The number of thiazole rings is 1. The molecule has 3 heterocycles. The molecule has 3 aromatic heterocycles. The van der Waals surface area contributed by atoms with Gasteiger partial charge in [-0.3, -0.25) is 9.20 Å². The van der Waals surface area contributed by atoms with Gasteiger partial charge in [0.05, 0.1) is 5.69 Å². The molecular formula is C15H11BrN6OS2. The molecule has 10 heteroatoms. The number of nitrogen functional groups attached to an aromatic ring is 1. The lowest BCUT2D eigenvalue weighted by Crippen LogP contribution is -2.13. The minimum absolute atomic E-state index is 0.0926. The van der Waals surface area contributed by atoms with Gasteiger partial charge in [0.25, 0.3) is 5.56 Å². The number of halogens is 1. The summed E-state index contributed by atoms with van der Waals surface area (Å²) in [6.45, 7) is 0. The molecule has 0 aliphatic heterocycles. The number of fused-ring (bicyclic) bond motifs is 1. The smallest absolute Gasteiger partial charge is 0.258 e. The number of nitrogens with zero attached hydrogens (tertiary/aromatic N) is 5. The van der Waals surface area contributed by atoms with Gasteiger partial charge in [0.1, 0.15) is 0 Å². The Morgan fingerprint density at radius 3 is 2.96 bits per heavy atom. The van der Waals surface area contributed by atoms with E-state index in [0.29, 0.717) is 27.4 Å².